The summed E-state index contributed by atoms with van der Waals surface area (Å²) in [6.07, 6.45) is 0.683. The molecule has 1 atom stereocenters. The number of nitrogens with one attached hydrogen (secondary N) is 1. The van der Waals surface area contributed by atoms with Crippen LogP contribution in [0.1, 0.15) is 34.7 Å². The second-order valence-electron chi connectivity index (χ2n) is 6.78. The van der Waals surface area contributed by atoms with Crippen LogP contribution in [0.25, 0.3) is 11.0 Å². The number of nitrogens with zero attached hydrogens (tertiary/aromatic N) is 2. The topological polar surface area (TPSA) is 46.9 Å². The molecule has 1 N–H and O–H groups in total. The number of aryl methyl sites for hydroxylation is 1. The predicted octanol–water partition coefficient (Wildman–Crippen LogP) is 4.77. The highest BCUT2D eigenvalue weighted by Crippen LogP contribution is 2.24. The van der Waals surface area contributed by atoms with Crippen LogP contribution >= 0.6 is 0 Å². The van der Waals surface area contributed by atoms with Gasteiger partial charge in [0.1, 0.15) is 5.82 Å². The lowest BCUT2D eigenvalue weighted by Gasteiger charge is -2.20. The van der Waals surface area contributed by atoms with Crippen LogP contribution in [-0.2, 0) is 13.0 Å². The highest BCUT2D eigenvalue weighted by atomic mass is 16.1. The fraction of sp³-hybridized carbons (Fsp3) is 0.167. The highest BCUT2D eigenvalue weighted by Gasteiger charge is 2.22. The molecule has 0 saturated heterocycles. The molecule has 4 nitrogen and oxygen atoms in total. The Morgan fingerprint density at radius 3 is 2.29 bits per heavy atom. The number of aromatic nitrogens is 2. The number of carbonyl (C=O) groups excluding carboxylic acids is 1. The van der Waals surface area contributed by atoms with Gasteiger partial charge in [-0.05, 0) is 43.2 Å². The van der Waals surface area contributed by atoms with Crippen molar-refractivity contribution >= 4 is 16.9 Å². The summed E-state index contributed by atoms with van der Waals surface area (Å²) in [6.45, 7) is 2.90. The number of carbonyl (C=O) groups is 1. The first-order valence-electron chi connectivity index (χ1n) is 9.61. The van der Waals surface area contributed by atoms with Crippen molar-refractivity contribution in [3.8, 4) is 0 Å². The van der Waals surface area contributed by atoms with Crippen LogP contribution in [0.4, 0.5) is 0 Å². The number of rotatable bonds is 6. The summed E-state index contributed by atoms with van der Waals surface area (Å²) in [5.41, 5.74) is 3.86. The third-order valence-electron chi connectivity index (χ3n) is 4.94. The van der Waals surface area contributed by atoms with E-state index < -0.39 is 0 Å². The standard InChI is InChI=1S/C24H23N3O/c1-2-27-22-16-10-9-15-20(22)25-23(27)21(17-18-11-5-3-6-12-18)26-24(28)19-13-7-4-8-14-19/h3-16,21H,2,17H2,1H3,(H,26,28)/t21-/m1/s1. The van der Waals surface area contributed by atoms with Crippen molar-refractivity contribution in [2.75, 3.05) is 0 Å². The van der Waals surface area contributed by atoms with Crippen molar-refractivity contribution in [3.63, 3.8) is 0 Å². The molecule has 1 amide bonds. The normalized spacial score (nSPS) is 12.0. The van der Waals surface area contributed by atoms with Crippen molar-refractivity contribution in [3.05, 3.63) is 102 Å². The third-order valence-corrected chi connectivity index (χ3v) is 4.94. The number of hydrogen-bond donors (Lipinski definition) is 1. The van der Waals surface area contributed by atoms with Crippen LogP contribution < -0.4 is 5.32 Å². The summed E-state index contributed by atoms with van der Waals surface area (Å²) in [5.74, 6) is 0.799. The third kappa shape index (κ3) is 3.67. The molecule has 0 unspecified atom stereocenters. The Hall–Kier alpha value is -3.40. The maximum atomic E-state index is 12.9. The zero-order valence-electron chi connectivity index (χ0n) is 15.9. The van der Waals surface area contributed by atoms with Gasteiger partial charge >= 0.3 is 0 Å². The zero-order chi connectivity index (χ0) is 19.3. The number of amides is 1. The SMILES string of the molecule is CCn1c([C@@H](Cc2ccccc2)NC(=O)c2ccccc2)nc2ccccc21. The van der Waals surface area contributed by atoms with Crippen LogP contribution in [-0.4, -0.2) is 15.5 Å². The molecule has 0 bridgehead atoms. The Morgan fingerprint density at radius 1 is 0.929 bits per heavy atom. The Kier molecular flexibility index (Phi) is 5.20. The van der Waals surface area contributed by atoms with Crippen LogP contribution in [0.3, 0.4) is 0 Å². The molecule has 1 aromatic heterocycles. The van der Waals surface area contributed by atoms with E-state index in [2.05, 4.69) is 35.0 Å². The molecule has 0 saturated carbocycles. The van der Waals surface area contributed by atoms with Gasteiger partial charge in [0.25, 0.3) is 5.91 Å². The molecular formula is C24H23N3O. The quantitative estimate of drug-likeness (QED) is 0.532. The van der Waals surface area contributed by atoms with Crippen molar-refractivity contribution in [2.24, 2.45) is 0 Å². The van der Waals surface area contributed by atoms with Crippen molar-refractivity contribution in [2.45, 2.75) is 25.9 Å². The molecule has 4 aromatic rings. The molecule has 1 heterocycles. The Labute approximate surface area is 164 Å². The molecule has 0 aliphatic heterocycles. The zero-order valence-corrected chi connectivity index (χ0v) is 15.9. The van der Waals surface area contributed by atoms with Crippen LogP contribution in [0.2, 0.25) is 0 Å². The van der Waals surface area contributed by atoms with Crippen molar-refractivity contribution < 1.29 is 4.79 Å². The van der Waals surface area contributed by atoms with Gasteiger partial charge < -0.3 is 9.88 Å². The molecule has 0 aliphatic carbocycles. The molecule has 0 radical (unpaired) electrons. The van der Waals surface area contributed by atoms with Crippen molar-refractivity contribution in [1.82, 2.24) is 14.9 Å². The second-order valence-corrected chi connectivity index (χ2v) is 6.78. The van der Waals surface area contributed by atoms with Crippen LogP contribution in [0.5, 0.6) is 0 Å². The number of fused-ring (bicyclic) bond motifs is 1. The lowest BCUT2D eigenvalue weighted by Crippen LogP contribution is -2.32. The molecule has 0 fully saturated rings. The highest BCUT2D eigenvalue weighted by molar-refractivity contribution is 5.94. The van der Waals surface area contributed by atoms with E-state index in [0.29, 0.717) is 12.0 Å². The summed E-state index contributed by atoms with van der Waals surface area (Å²) in [6, 6.07) is 27.4. The van der Waals surface area contributed by atoms with E-state index in [-0.39, 0.29) is 11.9 Å². The van der Waals surface area contributed by atoms with Gasteiger partial charge in [-0.15, -0.1) is 0 Å². The Bertz CT molecular complexity index is 1070. The first-order valence-corrected chi connectivity index (χ1v) is 9.61. The second kappa shape index (κ2) is 8.09. The summed E-state index contributed by atoms with van der Waals surface area (Å²) in [5, 5.41) is 3.21. The molecule has 3 aromatic carbocycles. The minimum absolute atomic E-state index is 0.0868. The van der Waals surface area contributed by atoms with Gasteiger partial charge in [0, 0.05) is 12.1 Å². The van der Waals surface area contributed by atoms with Crippen LogP contribution in [0.15, 0.2) is 84.9 Å². The number of benzene rings is 3. The van der Waals surface area contributed by atoms with Gasteiger partial charge in [-0.25, -0.2) is 4.98 Å². The van der Waals surface area contributed by atoms with E-state index in [9.17, 15) is 4.79 Å². The van der Waals surface area contributed by atoms with E-state index in [4.69, 9.17) is 4.98 Å². The summed E-state index contributed by atoms with van der Waals surface area (Å²) < 4.78 is 2.19. The molecular weight excluding hydrogens is 346 g/mol. The molecule has 140 valence electrons. The fourth-order valence-electron chi connectivity index (χ4n) is 3.58. The minimum Gasteiger partial charge on any atom is -0.342 e. The first-order chi connectivity index (χ1) is 13.8. The van der Waals surface area contributed by atoms with Crippen molar-refractivity contribution in [1.29, 1.82) is 0 Å². The minimum atomic E-state index is -0.220. The van der Waals surface area contributed by atoms with E-state index in [1.807, 2.05) is 66.7 Å². The fourth-order valence-corrected chi connectivity index (χ4v) is 3.58. The summed E-state index contributed by atoms with van der Waals surface area (Å²) in [7, 11) is 0. The Morgan fingerprint density at radius 2 is 1.57 bits per heavy atom. The van der Waals surface area contributed by atoms with E-state index in [1.54, 1.807) is 0 Å². The van der Waals surface area contributed by atoms with E-state index in [1.165, 1.54) is 0 Å². The number of imidazole rings is 1. The summed E-state index contributed by atoms with van der Waals surface area (Å²) in [4.78, 5) is 17.8. The molecule has 4 heteroatoms. The summed E-state index contributed by atoms with van der Waals surface area (Å²) >= 11 is 0. The number of hydrogen-bond acceptors (Lipinski definition) is 2. The van der Waals surface area contributed by atoms with Gasteiger partial charge in [0.05, 0.1) is 17.1 Å². The van der Waals surface area contributed by atoms with Gasteiger partial charge in [-0.1, -0.05) is 60.7 Å². The van der Waals surface area contributed by atoms with Crippen LogP contribution in [0, 0.1) is 0 Å². The maximum Gasteiger partial charge on any atom is 0.251 e. The van der Waals surface area contributed by atoms with E-state index in [0.717, 1.165) is 29.0 Å². The average molecular weight is 369 g/mol. The Balaban J connectivity index is 1.73. The largest absolute Gasteiger partial charge is 0.342 e. The average Bonchev–Trinajstić information content (AvgIpc) is 3.13. The molecule has 0 aliphatic rings. The lowest BCUT2D eigenvalue weighted by atomic mass is 10.0. The number of para-hydroxylation sites is 2. The maximum absolute atomic E-state index is 12.9. The van der Waals surface area contributed by atoms with Gasteiger partial charge in [-0.3, -0.25) is 4.79 Å². The van der Waals surface area contributed by atoms with Gasteiger partial charge in [-0.2, -0.15) is 0 Å². The first kappa shape index (κ1) is 18.0. The van der Waals surface area contributed by atoms with E-state index >= 15 is 0 Å². The lowest BCUT2D eigenvalue weighted by molar-refractivity contribution is 0.0934. The van der Waals surface area contributed by atoms with Gasteiger partial charge in [0.2, 0.25) is 0 Å². The molecule has 28 heavy (non-hydrogen) atoms. The smallest absolute Gasteiger partial charge is 0.251 e. The molecule has 4 rings (SSSR count). The van der Waals surface area contributed by atoms with Gasteiger partial charge in [0.15, 0.2) is 0 Å². The monoisotopic (exact) mass is 369 g/mol. The predicted molar refractivity (Wildman–Crippen MR) is 112 cm³/mol. The molecule has 0 spiro atoms.